The van der Waals surface area contributed by atoms with E-state index in [1.807, 2.05) is 0 Å². The summed E-state index contributed by atoms with van der Waals surface area (Å²) in [5, 5.41) is 11.5. The Morgan fingerprint density at radius 2 is 2.05 bits per heavy atom. The minimum Gasteiger partial charge on any atom is -0.480 e. The van der Waals surface area contributed by atoms with Gasteiger partial charge in [-0.2, -0.15) is 0 Å². The topological polar surface area (TPSA) is 66.4 Å². The smallest absolute Gasteiger partial charge is 0.326 e. The van der Waals surface area contributed by atoms with Crippen LogP contribution in [0.3, 0.4) is 0 Å². The Hall–Kier alpha value is -1.62. The Morgan fingerprint density at radius 3 is 2.53 bits per heavy atom. The standard InChI is InChI=1S/C13H15ClFNO3/c1-7(2)12(13(18)19)16-11(17)6-8-9(14)4-3-5-10(8)15/h3-5,7,12H,6H2,1-2H3,(H,16,17)(H,18,19)/t12-/m1/s1. The molecule has 0 aliphatic carbocycles. The van der Waals surface area contributed by atoms with Crippen LogP contribution in [0.25, 0.3) is 0 Å². The van der Waals surface area contributed by atoms with Gasteiger partial charge in [0.2, 0.25) is 5.91 Å². The van der Waals surface area contributed by atoms with Crippen LogP contribution in [0, 0.1) is 11.7 Å². The van der Waals surface area contributed by atoms with Crippen LogP contribution < -0.4 is 5.32 Å². The monoisotopic (exact) mass is 287 g/mol. The number of carboxylic acid groups (broad SMARTS) is 1. The molecule has 0 heterocycles. The molecule has 0 unspecified atom stereocenters. The van der Waals surface area contributed by atoms with E-state index in [0.29, 0.717) is 0 Å². The molecule has 1 rings (SSSR count). The van der Waals surface area contributed by atoms with Crippen LogP contribution in [-0.4, -0.2) is 23.0 Å². The molecule has 0 fully saturated rings. The summed E-state index contributed by atoms with van der Waals surface area (Å²) in [6.07, 6.45) is -0.290. The molecule has 104 valence electrons. The number of hydrogen-bond acceptors (Lipinski definition) is 2. The van der Waals surface area contributed by atoms with Gasteiger partial charge in [0.05, 0.1) is 6.42 Å². The van der Waals surface area contributed by atoms with Crippen LogP contribution in [0.2, 0.25) is 5.02 Å². The molecule has 4 nitrogen and oxygen atoms in total. The highest BCUT2D eigenvalue weighted by Crippen LogP contribution is 2.19. The van der Waals surface area contributed by atoms with Crippen LogP contribution in [0.15, 0.2) is 18.2 Å². The normalized spacial score (nSPS) is 12.3. The first kappa shape index (κ1) is 15.4. The number of carbonyl (C=O) groups is 2. The van der Waals surface area contributed by atoms with Crippen LogP contribution in [-0.2, 0) is 16.0 Å². The number of benzene rings is 1. The molecule has 0 bridgehead atoms. The third-order valence-corrected chi connectivity index (χ3v) is 3.00. The summed E-state index contributed by atoms with van der Waals surface area (Å²) in [6.45, 7) is 3.35. The molecule has 1 atom stereocenters. The zero-order valence-corrected chi connectivity index (χ0v) is 11.4. The lowest BCUT2D eigenvalue weighted by Gasteiger charge is -2.18. The number of amides is 1. The van der Waals surface area contributed by atoms with Crippen molar-refractivity contribution in [2.75, 3.05) is 0 Å². The van der Waals surface area contributed by atoms with E-state index in [0.717, 1.165) is 0 Å². The van der Waals surface area contributed by atoms with Gasteiger partial charge in [-0.25, -0.2) is 9.18 Å². The number of rotatable bonds is 5. The third-order valence-electron chi connectivity index (χ3n) is 2.65. The lowest BCUT2D eigenvalue weighted by Crippen LogP contribution is -2.45. The highest BCUT2D eigenvalue weighted by Gasteiger charge is 2.24. The molecule has 0 aliphatic heterocycles. The van der Waals surface area contributed by atoms with E-state index in [2.05, 4.69) is 5.32 Å². The van der Waals surface area contributed by atoms with Crippen molar-refractivity contribution >= 4 is 23.5 Å². The molecule has 1 aromatic rings. The molecular weight excluding hydrogens is 273 g/mol. The van der Waals surface area contributed by atoms with Crippen LogP contribution >= 0.6 is 11.6 Å². The summed E-state index contributed by atoms with van der Waals surface area (Å²) in [5.74, 6) is -2.55. The van der Waals surface area contributed by atoms with Gasteiger partial charge in [0.1, 0.15) is 11.9 Å². The fourth-order valence-electron chi connectivity index (χ4n) is 1.60. The molecule has 2 N–H and O–H groups in total. The minimum atomic E-state index is -1.12. The van der Waals surface area contributed by atoms with E-state index < -0.39 is 23.7 Å². The molecule has 0 radical (unpaired) electrons. The van der Waals surface area contributed by atoms with E-state index in [4.69, 9.17) is 16.7 Å². The van der Waals surface area contributed by atoms with Crippen molar-refractivity contribution in [3.8, 4) is 0 Å². The Kier molecular flexibility index (Phi) is 5.30. The van der Waals surface area contributed by atoms with Crippen LogP contribution in [0.5, 0.6) is 0 Å². The fraction of sp³-hybridized carbons (Fsp3) is 0.385. The molecule has 1 amide bonds. The van der Waals surface area contributed by atoms with E-state index in [-0.39, 0.29) is 22.9 Å². The van der Waals surface area contributed by atoms with Gasteiger partial charge in [-0.05, 0) is 18.1 Å². The molecule has 0 aromatic heterocycles. The van der Waals surface area contributed by atoms with Gasteiger partial charge in [-0.3, -0.25) is 4.79 Å². The number of hydrogen-bond donors (Lipinski definition) is 2. The molecule has 0 spiro atoms. The SMILES string of the molecule is CC(C)[C@@H](NC(=O)Cc1c(F)cccc1Cl)C(=O)O. The molecule has 19 heavy (non-hydrogen) atoms. The number of nitrogens with one attached hydrogen (secondary N) is 1. The van der Waals surface area contributed by atoms with Crippen molar-refractivity contribution in [1.82, 2.24) is 5.32 Å². The lowest BCUT2D eigenvalue weighted by atomic mass is 10.0. The molecular formula is C13H15ClFNO3. The summed E-state index contributed by atoms with van der Waals surface area (Å²) in [6, 6.07) is 3.11. The van der Waals surface area contributed by atoms with Gasteiger partial charge in [-0.1, -0.05) is 31.5 Å². The zero-order valence-electron chi connectivity index (χ0n) is 10.6. The maximum absolute atomic E-state index is 13.5. The molecule has 1 aromatic carbocycles. The number of aliphatic carboxylic acids is 1. The van der Waals surface area contributed by atoms with Gasteiger partial charge < -0.3 is 10.4 Å². The number of halogens is 2. The predicted octanol–water partition coefficient (Wildman–Crippen LogP) is 2.25. The molecule has 0 saturated heterocycles. The first-order valence-electron chi connectivity index (χ1n) is 5.78. The van der Waals surface area contributed by atoms with E-state index in [1.54, 1.807) is 13.8 Å². The number of carboxylic acids is 1. The average Bonchev–Trinajstić information content (AvgIpc) is 2.30. The average molecular weight is 288 g/mol. The second-order valence-corrected chi connectivity index (χ2v) is 4.91. The summed E-state index contributed by atoms with van der Waals surface area (Å²) >= 11 is 5.80. The van der Waals surface area contributed by atoms with Crippen molar-refractivity contribution in [1.29, 1.82) is 0 Å². The quantitative estimate of drug-likeness (QED) is 0.873. The number of carbonyl (C=O) groups excluding carboxylic acids is 1. The van der Waals surface area contributed by atoms with Crippen molar-refractivity contribution in [2.45, 2.75) is 26.3 Å². The summed E-state index contributed by atoms with van der Waals surface area (Å²) in [5.41, 5.74) is 0.0644. The van der Waals surface area contributed by atoms with Gasteiger partial charge in [0.25, 0.3) is 0 Å². The van der Waals surface area contributed by atoms with Crippen molar-refractivity contribution in [2.24, 2.45) is 5.92 Å². The van der Waals surface area contributed by atoms with Crippen molar-refractivity contribution in [3.63, 3.8) is 0 Å². The van der Waals surface area contributed by atoms with Crippen LogP contribution in [0.4, 0.5) is 4.39 Å². The van der Waals surface area contributed by atoms with Crippen molar-refractivity contribution < 1.29 is 19.1 Å². The molecule has 6 heteroatoms. The first-order valence-corrected chi connectivity index (χ1v) is 6.15. The van der Waals surface area contributed by atoms with E-state index in [1.165, 1.54) is 18.2 Å². The Bertz CT molecular complexity index is 471. The second-order valence-electron chi connectivity index (χ2n) is 4.50. The minimum absolute atomic E-state index is 0.0644. The Labute approximate surface area is 115 Å². The highest BCUT2D eigenvalue weighted by atomic mass is 35.5. The van der Waals surface area contributed by atoms with Gasteiger partial charge in [0.15, 0.2) is 0 Å². The first-order chi connectivity index (χ1) is 8.82. The Morgan fingerprint density at radius 1 is 1.42 bits per heavy atom. The Balaban J connectivity index is 2.78. The maximum Gasteiger partial charge on any atom is 0.326 e. The summed E-state index contributed by atoms with van der Waals surface area (Å²) < 4.78 is 13.5. The largest absolute Gasteiger partial charge is 0.480 e. The second kappa shape index (κ2) is 6.52. The highest BCUT2D eigenvalue weighted by molar-refractivity contribution is 6.31. The van der Waals surface area contributed by atoms with Crippen LogP contribution in [0.1, 0.15) is 19.4 Å². The van der Waals surface area contributed by atoms with Crippen molar-refractivity contribution in [3.05, 3.63) is 34.6 Å². The molecule has 0 aliphatic rings. The summed E-state index contributed by atoms with van der Waals surface area (Å²) in [4.78, 5) is 22.7. The third kappa shape index (κ3) is 4.21. The predicted molar refractivity (Wildman–Crippen MR) is 69.5 cm³/mol. The molecule has 0 saturated carbocycles. The maximum atomic E-state index is 13.5. The van der Waals surface area contributed by atoms with E-state index >= 15 is 0 Å². The van der Waals surface area contributed by atoms with Gasteiger partial charge in [0, 0.05) is 10.6 Å². The summed E-state index contributed by atoms with van der Waals surface area (Å²) in [7, 11) is 0. The van der Waals surface area contributed by atoms with Gasteiger partial charge >= 0.3 is 5.97 Å². The zero-order chi connectivity index (χ0) is 14.6. The lowest BCUT2D eigenvalue weighted by molar-refractivity contribution is -0.143. The van der Waals surface area contributed by atoms with E-state index in [9.17, 15) is 14.0 Å². The van der Waals surface area contributed by atoms with Gasteiger partial charge in [-0.15, -0.1) is 0 Å². The fourth-order valence-corrected chi connectivity index (χ4v) is 1.83.